The first kappa shape index (κ1) is 39.0. The standard InChI is InChI=1S/2C20H31NO3/c2*1-13(2)16-8-6-14(3)10-17(16)21-20(22)12-15-7-9-18(23-4)19(11-15)24-5/h2*7,9,11,13-14,16-17H,6,8,10,12H2,1-5H3,(H,21,22)/t2*14-,16+,17+/m10/s1. The lowest BCUT2D eigenvalue weighted by Crippen LogP contribution is -2.46. The molecule has 2 aliphatic carbocycles. The van der Waals surface area contributed by atoms with Crippen LogP contribution in [-0.4, -0.2) is 52.3 Å². The van der Waals surface area contributed by atoms with Gasteiger partial charge in [-0.2, -0.15) is 0 Å². The molecule has 8 nitrogen and oxygen atoms in total. The van der Waals surface area contributed by atoms with E-state index in [4.69, 9.17) is 18.9 Å². The highest BCUT2D eigenvalue weighted by Gasteiger charge is 2.32. The normalized spacial score (nSPS) is 23.8. The second kappa shape index (κ2) is 18.9. The van der Waals surface area contributed by atoms with Gasteiger partial charge in [0.25, 0.3) is 0 Å². The van der Waals surface area contributed by atoms with Crippen molar-refractivity contribution in [1.82, 2.24) is 10.6 Å². The molecular weight excluding hydrogens is 604 g/mol. The SMILES string of the molecule is COc1ccc(CC(=O)N[C@@H]2C[C@@H](C)CC[C@@H]2C(C)C)cc1OC.COc1ccc(CC(=O)N[C@H]2C[C@H](C)CC[C@H]2C(C)C)cc1OC. The van der Waals surface area contributed by atoms with Crippen molar-refractivity contribution in [2.75, 3.05) is 28.4 Å². The summed E-state index contributed by atoms with van der Waals surface area (Å²) < 4.78 is 21.1. The van der Waals surface area contributed by atoms with Crippen LogP contribution in [0.25, 0.3) is 0 Å². The Morgan fingerprint density at radius 1 is 0.604 bits per heavy atom. The molecule has 4 rings (SSSR count). The first-order valence-electron chi connectivity index (χ1n) is 17.9. The third-order valence-electron chi connectivity index (χ3n) is 10.4. The number of rotatable bonds is 12. The van der Waals surface area contributed by atoms with Crippen molar-refractivity contribution in [3.05, 3.63) is 47.5 Å². The van der Waals surface area contributed by atoms with Crippen LogP contribution in [0.2, 0.25) is 0 Å². The summed E-state index contributed by atoms with van der Waals surface area (Å²) in [7, 11) is 6.44. The number of benzene rings is 2. The summed E-state index contributed by atoms with van der Waals surface area (Å²) in [6, 6.07) is 11.9. The molecule has 2 amide bonds. The van der Waals surface area contributed by atoms with Crippen LogP contribution in [0.3, 0.4) is 0 Å². The zero-order chi connectivity index (χ0) is 35.4. The van der Waals surface area contributed by atoms with Crippen LogP contribution in [0.15, 0.2) is 36.4 Å². The van der Waals surface area contributed by atoms with Crippen molar-refractivity contribution in [3.8, 4) is 23.0 Å². The van der Waals surface area contributed by atoms with Crippen LogP contribution >= 0.6 is 0 Å². The van der Waals surface area contributed by atoms with Crippen LogP contribution in [0, 0.1) is 35.5 Å². The predicted molar refractivity (Wildman–Crippen MR) is 193 cm³/mol. The van der Waals surface area contributed by atoms with Gasteiger partial charge in [-0.05, 0) is 96.6 Å². The molecule has 0 aromatic heterocycles. The zero-order valence-corrected chi connectivity index (χ0v) is 31.2. The van der Waals surface area contributed by atoms with Crippen molar-refractivity contribution >= 4 is 11.8 Å². The summed E-state index contributed by atoms with van der Waals surface area (Å²) >= 11 is 0. The molecule has 2 aliphatic rings. The first-order chi connectivity index (χ1) is 22.9. The van der Waals surface area contributed by atoms with Crippen LogP contribution in [0.4, 0.5) is 0 Å². The first-order valence-corrected chi connectivity index (χ1v) is 17.9. The number of hydrogen-bond acceptors (Lipinski definition) is 6. The lowest BCUT2D eigenvalue weighted by molar-refractivity contribution is -0.122. The van der Waals surface area contributed by atoms with Crippen molar-refractivity contribution in [2.45, 2.75) is 105 Å². The lowest BCUT2D eigenvalue weighted by atomic mass is 9.74. The fourth-order valence-electron chi connectivity index (χ4n) is 7.60. The van der Waals surface area contributed by atoms with E-state index in [1.54, 1.807) is 28.4 Å². The van der Waals surface area contributed by atoms with Gasteiger partial charge in [-0.3, -0.25) is 9.59 Å². The molecule has 2 saturated carbocycles. The summed E-state index contributed by atoms with van der Waals surface area (Å²) in [5.74, 6) is 6.60. The van der Waals surface area contributed by atoms with Gasteiger partial charge in [-0.1, -0.05) is 66.5 Å². The smallest absolute Gasteiger partial charge is 0.224 e. The molecule has 0 aliphatic heterocycles. The highest BCUT2D eigenvalue weighted by atomic mass is 16.5. The minimum Gasteiger partial charge on any atom is -0.493 e. The monoisotopic (exact) mass is 666 g/mol. The minimum absolute atomic E-state index is 0.0898. The number of ether oxygens (including phenoxy) is 4. The molecule has 0 saturated heterocycles. The molecule has 2 aromatic carbocycles. The number of nitrogens with one attached hydrogen (secondary N) is 2. The van der Waals surface area contributed by atoms with Crippen LogP contribution in [0.5, 0.6) is 23.0 Å². The van der Waals surface area contributed by atoms with E-state index >= 15 is 0 Å². The highest BCUT2D eigenvalue weighted by molar-refractivity contribution is 5.79. The Morgan fingerprint density at radius 3 is 1.27 bits per heavy atom. The van der Waals surface area contributed by atoms with E-state index in [0.717, 1.165) is 24.0 Å². The van der Waals surface area contributed by atoms with E-state index in [9.17, 15) is 9.59 Å². The molecule has 0 spiro atoms. The van der Waals surface area contributed by atoms with Gasteiger partial charge in [-0.15, -0.1) is 0 Å². The molecule has 0 unspecified atom stereocenters. The van der Waals surface area contributed by atoms with E-state index in [2.05, 4.69) is 52.2 Å². The van der Waals surface area contributed by atoms with Gasteiger partial charge in [0.15, 0.2) is 23.0 Å². The summed E-state index contributed by atoms with van der Waals surface area (Å²) in [6.45, 7) is 13.6. The molecule has 0 heterocycles. The summed E-state index contributed by atoms with van der Waals surface area (Å²) in [6.07, 6.45) is 7.86. The number of methoxy groups -OCH3 is 4. The number of hydrogen-bond donors (Lipinski definition) is 2. The van der Waals surface area contributed by atoms with Gasteiger partial charge in [0.05, 0.1) is 41.3 Å². The Morgan fingerprint density at radius 2 is 0.958 bits per heavy atom. The van der Waals surface area contributed by atoms with Crippen LogP contribution in [0.1, 0.15) is 91.2 Å². The average molecular weight is 667 g/mol. The Labute approximate surface area is 290 Å². The number of amides is 2. The highest BCUT2D eigenvalue weighted by Crippen LogP contribution is 2.35. The van der Waals surface area contributed by atoms with Gasteiger partial charge < -0.3 is 29.6 Å². The summed E-state index contributed by atoms with van der Waals surface area (Å²) in [5.41, 5.74) is 1.88. The zero-order valence-electron chi connectivity index (χ0n) is 31.2. The van der Waals surface area contributed by atoms with Crippen molar-refractivity contribution in [2.24, 2.45) is 35.5 Å². The maximum atomic E-state index is 12.5. The van der Waals surface area contributed by atoms with Crippen molar-refractivity contribution < 1.29 is 28.5 Å². The van der Waals surface area contributed by atoms with Gasteiger partial charge in [0, 0.05) is 12.1 Å². The Bertz CT molecular complexity index is 1210. The molecule has 2 N–H and O–H groups in total. The molecular formula is C40H62N2O6. The average Bonchev–Trinajstić information content (AvgIpc) is 3.04. The summed E-state index contributed by atoms with van der Waals surface area (Å²) in [4.78, 5) is 25.1. The molecule has 48 heavy (non-hydrogen) atoms. The van der Waals surface area contributed by atoms with Gasteiger partial charge in [0.1, 0.15) is 0 Å². The number of carbonyl (C=O) groups excluding carboxylic acids is 2. The van der Waals surface area contributed by atoms with E-state index < -0.39 is 0 Å². The van der Waals surface area contributed by atoms with E-state index in [1.165, 1.54) is 25.7 Å². The van der Waals surface area contributed by atoms with E-state index in [1.807, 2.05) is 36.4 Å². The molecule has 268 valence electrons. The van der Waals surface area contributed by atoms with Crippen LogP contribution < -0.4 is 29.6 Å². The summed E-state index contributed by atoms with van der Waals surface area (Å²) in [5, 5.41) is 6.57. The molecule has 0 bridgehead atoms. The molecule has 6 atom stereocenters. The molecule has 2 fully saturated rings. The Balaban J connectivity index is 0.000000260. The third-order valence-corrected chi connectivity index (χ3v) is 10.4. The maximum absolute atomic E-state index is 12.5. The fourth-order valence-corrected chi connectivity index (χ4v) is 7.60. The topological polar surface area (TPSA) is 95.1 Å². The largest absolute Gasteiger partial charge is 0.493 e. The fraction of sp³-hybridized carbons (Fsp3) is 0.650. The minimum atomic E-state index is 0.0898. The van der Waals surface area contributed by atoms with Gasteiger partial charge in [0.2, 0.25) is 11.8 Å². The quantitative estimate of drug-likeness (QED) is 0.242. The third kappa shape index (κ3) is 11.3. The van der Waals surface area contributed by atoms with Gasteiger partial charge in [-0.25, -0.2) is 0 Å². The predicted octanol–water partition coefficient (Wildman–Crippen LogP) is 7.65. The second-order valence-electron chi connectivity index (χ2n) is 14.7. The molecule has 8 heteroatoms. The lowest BCUT2D eigenvalue weighted by Gasteiger charge is -2.37. The maximum Gasteiger partial charge on any atom is 0.224 e. The number of carbonyl (C=O) groups is 2. The van der Waals surface area contributed by atoms with Gasteiger partial charge >= 0.3 is 0 Å². The van der Waals surface area contributed by atoms with Crippen LogP contribution in [-0.2, 0) is 22.4 Å². The second-order valence-corrected chi connectivity index (χ2v) is 14.7. The van der Waals surface area contributed by atoms with Crippen molar-refractivity contribution in [3.63, 3.8) is 0 Å². The van der Waals surface area contributed by atoms with E-state index in [-0.39, 0.29) is 11.8 Å². The molecule has 2 aromatic rings. The van der Waals surface area contributed by atoms with E-state index in [0.29, 0.717) is 83.4 Å². The van der Waals surface area contributed by atoms with Crippen molar-refractivity contribution in [1.29, 1.82) is 0 Å². The molecule has 0 radical (unpaired) electrons. The Kier molecular flexibility index (Phi) is 15.4. The Hall–Kier alpha value is -3.42.